The van der Waals surface area contributed by atoms with Gasteiger partial charge in [-0.05, 0) is 6.07 Å². The van der Waals surface area contributed by atoms with Crippen LogP contribution in [0, 0.1) is 0 Å². The lowest BCUT2D eigenvalue weighted by molar-refractivity contribution is -0.133. The first-order chi connectivity index (χ1) is 7.59. The number of thioether (sulfide) groups is 1. The van der Waals surface area contributed by atoms with Gasteiger partial charge < -0.3 is 10.4 Å². The molecule has 0 radical (unpaired) electrons. The number of hydrogen-bond donors (Lipinski definition) is 2. The Bertz CT molecular complexity index is 378. The van der Waals surface area contributed by atoms with Crippen molar-refractivity contribution in [2.75, 3.05) is 11.5 Å². The molecule has 0 bridgehead atoms. The van der Waals surface area contributed by atoms with E-state index in [1.807, 2.05) is 6.07 Å². The summed E-state index contributed by atoms with van der Waals surface area (Å²) in [5.74, 6) is -0.986. The second-order valence-corrected chi connectivity index (χ2v) is 4.10. The number of nitrogens with one attached hydrogen (secondary N) is 1. The van der Waals surface area contributed by atoms with Crippen LogP contribution in [0.4, 0.5) is 0 Å². The largest absolute Gasteiger partial charge is 0.481 e. The van der Waals surface area contributed by atoms with Gasteiger partial charge in [0.2, 0.25) is 5.91 Å². The molecule has 1 amide bonds. The molecule has 0 aromatic carbocycles. The maximum atomic E-state index is 11.3. The van der Waals surface area contributed by atoms with E-state index in [0.29, 0.717) is 6.54 Å². The monoisotopic (exact) mass is 243 g/mol. The number of carboxylic acid groups (broad SMARTS) is 1. The average molecular weight is 243 g/mol. The zero-order chi connectivity index (χ0) is 12.0. The fourth-order valence-electron chi connectivity index (χ4n) is 1.05. The smallest absolute Gasteiger partial charge is 0.313 e. The van der Waals surface area contributed by atoms with Gasteiger partial charge in [0.05, 0.1) is 23.7 Å². The highest BCUT2D eigenvalue weighted by Gasteiger charge is 2.05. The molecule has 6 nitrogen and oxygen atoms in total. The molecule has 88 valence electrons. The number of nitrogens with zero attached hydrogens (tertiary/aromatic N) is 2. The van der Waals surface area contributed by atoms with Crippen molar-refractivity contribution in [2.24, 2.45) is 7.05 Å². The summed E-state index contributed by atoms with van der Waals surface area (Å²) in [4.78, 5) is 21.5. The Morgan fingerprint density at radius 2 is 2.31 bits per heavy atom. The van der Waals surface area contributed by atoms with Crippen molar-refractivity contribution < 1.29 is 14.7 Å². The summed E-state index contributed by atoms with van der Waals surface area (Å²) in [5, 5.41) is 15.0. The lowest BCUT2D eigenvalue weighted by atomic mass is 10.4. The Kier molecular flexibility index (Phi) is 4.84. The number of aryl methyl sites for hydroxylation is 1. The lowest BCUT2D eigenvalue weighted by Gasteiger charge is -2.04. The second kappa shape index (κ2) is 6.16. The summed E-state index contributed by atoms with van der Waals surface area (Å²) in [6, 6.07) is 1.81. The second-order valence-electron chi connectivity index (χ2n) is 3.11. The van der Waals surface area contributed by atoms with Crippen LogP contribution in [0.15, 0.2) is 12.3 Å². The molecule has 0 saturated heterocycles. The topological polar surface area (TPSA) is 84.2 Å². The maximum absolute atomic E-state index is 11.3. The Hall–Kier alpha value is -1.50. The quantitative estimate of drug-likeness (QED) is 0.726. The maximum Gasteiger partial charge on any atom is 0.313 e. The molecule has 0 aliphatic rings. The van der Waals surface area contributed by atoms with Crippen molar-refractivity contribution >= 4 is 23.6 Å². The summed E-state index contributed by atoms with van der Waals surface area (Å²) >= 11 is 1.08. The number of carbonyl (C=O) groups is 2. The van der Waals surface area contributed by atoms with E-state index >= 15 is 0 Å². The van der Waals surface area contributed by atoms with E-state index in [0.717, 1.165) is 17.5 Å². The Balaban J connectivity index is 2.20. The number of carbonyl (C=O) groups excluding carboxylic acids is 1. The number of aromatic nitrogens is 2. The number of aliphatic carboxylic acids is 1. The van der Waals surface area contributed by atoms with Crippen LogP contribution in [0.5, 0.6) is 0 Å². The van der Waals surface area contributed by atoms with Crippen LogP contribution >= 0.6 is 11.8 Å². The van der Waals surface area contributed by atoms with Crippen molar-refractivity contribution in [2.45, 2.75) is 6.54 Å². The van der Waals surface area contributed by atoms with Gasteiger partial charge in [-0.15, -0.1) is 11.8 Å². The highest BCUT2D eigenvalue weighted by Crippen LogP contribution is 1.99. The van der Waals surface area contributed by atoms with E-state index in [9.17, 15) is 9.59 Å². The van der Waals surface area contributed by atoms with Crippen molar-refractivity contribution in [3.05, 3.63) is 18.0 Å². The molecular weight excluding hydrogens is 230 g/mol. The normalized spacial score (nSPS) is 10.1. The first-order valence-electron chi connectivity index (χ1n) is 4.62. The molecule has 0 saturated carbocycles. The van der Waals surface area contributed by atoms with Gasteiger partial charge in [-0.1, -0.05) is 0 Å². The first-order valence-corrected chi connectivity index (χ1v) is 5.78. The Morgan fingerprint density at radius 1 is 1.56 bits per heavy atom. The van der Waals surface area contributed by atoms with Gasteiger partial charge in [-0.25, -0.2) is 0 Å². The predicted molar refractivity (Wildman–Crippen MR) is 60.0 cm³/mol. The van der Waals surface area contributed by atoms with Crippen LogP contribution in [0.25, 0.3) is 0 Å². The minimum Gasteiger partial charge on any atom is -0.481 e. The van der Waals surface area contributed by atoms with Gasteiger partial charge in [0.25, 0.3) is 0 Å². The van der Waals surface area contributed by atoms with Gasteiger partial charge >= 0.3 is 5.97 Å². The van der Waals surface area contributed by atoms with Gasteiger partial charge in [0.1, 0.15) is 0 Å². The van der Waals surface area contributed by atoms with Crippen molar-refractivity contribution in [1.82, 2.24) is 15.1 Å². The number of rotatable bonds is 6. The molecule has 1 aromatic rings. The van der Waals surface area contributed by atoms with Gasteiger partial charge in [-0.3, -0.25) is 14.3 Å². The van der Waals surface area contributed by atoms with Gasteiger partial charge in [0.15, 0.2) is 0 Å². The number of hydrogen-bond acceptors (Lipinski definition) is 4. The molecule has 0 unspecified atom stereocenters. The van der Waals surface area contributed by atoms with Crippen LogP contribution in [0.2, 0.25) is 0 Å². The first kappa shape index (κ1) is 12.6. The Labute approximate surface area is 97.0 Å². The molecule has 0 fully saturated rings. The van der Waals surface area contributed by atoms with Gasteiger partial charge in [0, 0.05) is 13.2 Å². The van der Waals surface area contributed by atoms with E-state index in [2.05, 4.69) is 10.4 Å². The van der Waals surface area contributed by atoms with Crippen LogP contribution in [0.3, 0.4) is 0 Å². The summed E-state index contributed by atoms with van der Waals surface area (Å²) in [6.45, 7) is 0.406. The Morgan fingerprint density at radius 3 is 2.88 bits per heavy atom. The van der Waals surface area contributed by atoms with E-state index in [-0.39, 0.29) is 17.4 Å². The van der Waals surface area contributed by atoms with Crippen molar-refractivity contribution in [3.63, 3.8) is 0 Å². The lowest BCUT2D eigenvalue weighted by Crippen LogP contribution is -2.26. The van der Waals surface area contributed by atoms with Crippen LogP contribution in [-0.2, 0) is 23.2 Å². The summed E-state index contributed by atoms with van der Waals surface area (Å²) < 4.78 is 1.67. The number of amides is 1. The van der Waals surface area contributed by atoms with Crippen LogP contribution in [0.1, 0.15) is 5.69 Å². The standard InChI is InChI=1S/C9H13N3O3S/c1-12-7(2-3-11-12)4-10-8(13)5-16-6-9(14)15/h2-3H,4-6H2,1H3,(H,10,13)(H,14,15). The third-order valence-corrected chi connectivity index (χ3v) is 2.77. The molecule has 0 aliphatic carbocycles. The molecule has 0 aliphatic heterocycles. The SMILES string of the molecule is Cn1nccc1CNC(=O)CSCC(=O)O. The molecule has 1 heterocycles. The third kappa shape index (κ3) is 4.35. The molecule has 1 rings (SSSR count). The molecule has 7 heteroatoms. The summed E-state index contributed by atoms with van der Waals surface area (Å²) in [6.07, 6.45) is 1.65. The zero-order valence-corrected chi connectivity index (χ0v) is 9.66. The van der Waals surface area contributed by atoms with Gasteiger partial charge in [-0.2, -0.15) is 5.10 Å². The summed E-state index contributed by atoms with van der Waals surface area (Å²) in [7, 11) is 1.79. The number of carboxylic acids is 1. The highest BCUT2D eigenvalue weighted by molar-refractivity contribution is 8.00. The van der Waals surface area contributed by atoms with E-state index < -0.39 is 5.97 Å². The van der Waals surface area contributed by atoms with E-state index in [1.54, 1.807) is 17.9 Å². The fourth-order valence-corrected chi connectivity index (χ4v) is 1.61. The van der Waals surface area contributed by atoms with Crippen molar-refractivity contribution in [1.29, 1.82) is 0 Å². The highest BCUT2D eigenvalue weighted by atomic mass is 32.2. The third-order valence-electron chi connectivity index (χ3n) is 1.85. The minimum atomic E-state index is -0.913. The predicted octanol–water partition coefficient (Wildman–Crippen LogP) is -0.146. The van der Waals surface area contributed by atoms with E-state index in [4.69, 9.17) is 5.11 Å². The van der Waals surface area contributed by atoms with Crippen LogP contribution < -0.4 is 5.32 Å². The summed E-state index contributed by atoms with van der Waals surface area (Å²) in [5.41, 5.74) is 0.900. The average Bonchev–Trinajstić information content (AvgIpc) is 2.60. The van der Waals surface area contributed by atoms with Crippen molar-refractivity contribution in [3.8, 4) is 0 Å². The molecule has 0 atom stereocenters. The zero-order valence-electron chi connectivity index (χ0n) is 8.84. The minimum absolute atomic E-state index is 0.0564. The molecule has 2 N–H and O–H groups in total. The fraction of sp³-hybridized carbons (Fsp3) is 0.444. The molecule has 16 heavy (non-hydrogen) atoms. The van der Waals surface area contributed by atoms with E-state index in [1.165, 1.54) is 0 Å². The molecular formula is C9H13N3O3S. The van der Waals surface area contributed by atoms with Crippen LogP contribution in [-0.4, -0.2) is 38.3 Å². The molecule has 1 aromatic heterocycles. The molecule has 0 spiro atoms.